The first-order valence-corrected chi connectivity index (χ1v) is 8.98. The van der Waals surface area contributed by atoms with E-state index in [9.17, 15) is 9.59 Å². The maximum atomic E-state index is 12.8. The zero-order valence-electron chi connectivity index (χ0n) is 12.2. The van der Waals surface area contributed by atoms with Crippen LogP contribution in [0.5, 0.6) is 0 Å². The van der Waals surface area contributed by atoms with Crippen molar-refractivity contribution in [2.24, 2.45) is 0 Å². The van der Waals surface area contributed by atoms with Crippen LogP contribution in [0.4, 0.5) is 0 Å². The molecule has 0 aromatic carbocycles. The van der Waals surface area contributed by atoms with Crippen LogP contribution in [0.3, 0.4) is 0 Å². The van der Waals surface area contributed by atoms with Crippen LogP contribution in [0.15, 0.2) is 0 Å². The summed E-state index contributed by atoms with van der Waals surface area (Å²) in [5.41, 5.74) is 0. The van der Waals surface area contributed by atoms with Gasteiger partial charge < -0.3 is 9.80 Å². The second kappa shape index (κ2) is 5.96. The van der Waals surface area contributed by atoms with E-state index >= 15 is 0 Å². The third-order valence-corrected chi connectivity index (χ3v) is 6.22. The van der Waals surface area contributed by atoms with E-state index in [4.69, 9.17) is 0 Å². The number of hydrogen-bond acceptors (Lipinski definition) is 3. The monoisotopic (exact) mass is 296 g/mol. The van der Waals surface area contributed by atoms with Gasteiger partial charge in [0.05, 0.1) is 0 Å². The van der Waals surface area contributed by atoms with Gasteiger partial charge in [0.2, 0.25) is 11.8 Å². The number of hydrogen-bond donors (Lipinski definition) is 0. The molecule has 2 heterocycles. The van der Waals surface area contributed by atoms with E-state index < -0.39 is 0 Å². The fourth-order valence-electron chi connectivity index (χ4n) is 3.98. The molecule has 0 aromatic heterocycles. The molecule has 3 rings (SSSR count). The number of fused-ring (bicyclic) bond motifs is 1. The molecule has 0 bridgehead atoms. The molecule has 2 saturated heterocycles. The molecule has 0 radical (unpaired) electrons. The topological polar surface area (TPSA) is 40.6 Å². The SMILES string of the molecule is CCSC1CCCC1N1CCC(=O)N2CCCC2C1=O. The molecular formula is C15H24N2O2S. The first kappa shape index (κ1) is 14.2. The normalized spacial score (nSPS) is 34.5. The average molecular weight is 296 g/mol. The standard InChI is InChI=1S/C15H24N2O2S/c1-2-20-13-7-3-5-11(13)17-10-8-14(18)16-9-4-6-12(16)15(17)19/h11-13H,2-10H2,1H3. The van der Waals surface area contributed by atoms with Gasteiger partial charge in [0.1, 0.15) is 6.04 Å². The van der Waals surface area contributed by atoms with Crippen molar-refractivity contribution in [3.8, 4) is 0 Å². The second-order valence-electron chi connectivity index (χ2n) is 6.02. The van der Waals surface area contributed by atoms with Crippen molar-refractivity contribution < 1.29 is 9.59 Å². The van der Waals surface area contributed by atoms with Gasteiger partial charge in [-0.05, 0) is 31.4 Å². The number of carbonyl (C=O) groups is 2. The predicted molar refractivity (Wildman–Crippen MR) is 80.6 cm³/mol. The third-order valence-electron chi connectivity index (χ3n) is 4.91. The highest BCUT2D eigenvalue weighted by molar-refractivity contribution is 7.99. The molecule has 5 heteroatoms. The maximum absolute atomic E-state index is 12.8. The van der Waals surface area contributed by atoms with E-state index in [1.807, 2.05) is 16.7 Å². The summed E-state index contributed by atoms with van der Waals surface area (Å²) in [7, 11) is 0. The quantitative estimate of drug-likeness (QED) is 0.798. The highest BCUT2D eigenvalue weighted by atomic mass is 32.2. The molecule has 112 valence electrons. The van der Waals surface area contributed by atoms with Crippen molar-refractivity contribution in [2.45, 2.75) is 62.8 Å². The van der Waals surface area contributed by atoms with Gasteiger partial charge in [0, 0.05) is 30.8 Å². The van der Waals surface area contributed by atoms with Gasteiger partial charge in [-0.1, -0.05) is 13.3 Å². The molecule has 3 aliphatic rings. The molecule has 0 N–H and O–H groups in total. The van der Waals surface area contributed by atoms with Crippen molar-refractivity contribution in [1.29, 1.82) is 0 Å². The smallest absolute Gasteiger partial charge is 0.245 e. The predicted octanol–water partition coefficient (Wildman–Crippen LogP) is 1.88. The third kappa shape index (κ3) is 2.45. The Morgan fingerprint density at radius 3 is 2.75 bits per heavy atom. The Hall–Kier alpha value is -0.710. The molecule has 3 unspecified atom stereocenters. The van der Waals surface area contributed by atoms with Crippen LogP contribution in [0.25, 0.3) is 0 Å². The fraction of sp³-hybridized carbons (Fsp3) is 0.867. The van der Waals surface area contributed by atoms with Crippen LogP contribution in [-0.2, 0) is 9.59 Å². The summed E-state index contributed by atoms with van der Waals surface area (Å²) in [4.78, 5) is 28.9. The minimum Gasteiger partial charge on any atom is -0.336 e. The highest BCUT2D eigenvalue weighted by Crippen LogP contribution is 2.35. The van der Waals surface area contributed by atoms with Crippen LogP contribution < -0.4 is 0 Å². The summed E-state index contributed by atoms with van der Waals surface area (Å²) in [5, 5.41) is 0.576. The van der Waals surface area contributed by atoms with Gasteiger partial charge in [-0.3, -0.25) is 9.59 Å². The number of thioether (sulfide) groups is 1. The zero-order valence-corrected chi connectivity index (χ0v) is 13.0. The van der Waals surface area contributed by atoms with Gasteiger partial charge >= 0.3 is 0 Å². The zero-order chi connectivity index (χ0) is 14.1. The van der Waals surface area contributed by atoms with E-state index in [1.165, 1.54) is 12.8 Å². The summed E-state index contributed by atoms with van der Waals surface area (Å²) >= 11 is 1.98. The molecular weight excluding hydrogens is 272 g/mol. The Bertz CT molecular complexity index is 401. The summed E-state index contributed by atoms with van der Waals surface area (Å²) in [5.74, 6) is 1.51. The summed E-state index contributed by atoms with van der Waals surface area (Å²) < 4.78 is 0. The van der Waals surface area contributed by atoms with E-state index in [2.05, 4.69) is 11.8 Å². The Morgan fingerprint density at radius 2 is 1.95 bits per heavy atom. The van der Waals surface area contributed by atoms with E-state index in [0.29, 0.717) is 24.3 Å². The van der Waals surface area contributed by atoms with Gasteiger partial charge in [-0.2, -0.15) is 11.8 Å². The minimum atomic E-state index is -0.155. The van der Waals surface area contributed by atoms with Crippen molar-refractivity contribution in [2.75, 3.05) is 18.8 Å². The molecule has 1 saturated carbocycles. The molecule has 20 heavy (non-hydrogen) atoms. The second-order valence-corrected chi connectivity index (χ2v) is 7.54. The van der Waals surface area contributed by atoms with Gasteiger partial charge in [0.25, 0.3) is 0 Å². The first-order chi connectivity index (χ1) is 9.72. The van der Waals surface area contributed by atoms with Gasteiger partial charge in [-0.15, -0.1) is 0 Å². The van der Waals surface area contributed by atoms with Crippen LogP contribution in [-0.4, -0.2) is 57.8 Å². The molecule has 0 spiro atoms. The van der Waals surface area contributed by atoms with E-state index in [0.717, 1.165) is 31.6 Å². The lowest BCUT2D eigenvalue weighted by Gasteiger charge is -2.33. The van der Waals surface area contributed by atoms with Crippen LogP contribution >= 0.6 is 11.8 Å². The van der Waals surface area contributed by atoms with Crippen molar-refractivity contribution >= 4 is 23.6 Å². The lowest BCUT2D eigenvalue weighted by atomic mass is 10.1. The largest absolute Gasteiger partial charge is 0.336 e. The number of amides is 2. The van der Waals surface area contributed by atoms with Crippen LogP contribution in [0, 0.1) is 0 Å². The Kier molecular flexibility index (Phi) is 4.24. The molecule has 3 atom stereocenters. The average Bonchev–Trinajstić information content (AvgIpc) is 3.06. The molecule has 2 amide bonds. The Balaban J connectivity index is 1.78. The number of carbonyl (C=O) groups excluding carboxylic acids is 2. The molecule has 2 aliphatic heterocycles. The molecule has 0 aromatic rings. The summed E-state index contributed by atoms with van der Waals surface area (Å²) in [6.45, 7) is 3.60. The Labute approximate surface area is 125 Å². The van der Waals surface area contributed by atoms with Crippen molar-refractivity contribution in [3.63, 3.8) is 0 Å². The van der Waals surface area contributed by atoms with Crippen molar-refractivity contribution in [1.82, 2.24) is 9.80 Å². The summed E-state index contributed by atoms with van der Waals surface area (Å²) in [6.07, 6.45) is 5.91. The first-order valence-electron chi connectivity index (χ1n) is 7.94. The molecule has 1 aliphatic carbocycles. The lowest BCUT2D eigenvalue weighted by Crippen LogP contribution is -2.49. The minimum absolute atomic E-state index is 0.155. The molecule has 3 fully saturated rings. The van der Waals surface area contributed by atoms with E-state index in [1.54, 1.807) is 0 Å². The highest BCUT2D eigenvalue weighted by Gasteiger charge is 2.43. The maximum Gasteiger partial charge on any atom is 0.245 e. The van der Waals surface area contributed by atoms with Crippen LogP contribution in [0.2, 0.25) is 0 Å². The van der Waals surface area contributed by atoms with Gasteiger partial charge in [0.15, 0.2) is 0 Å². The Morgan fingerprint density at radius 1 is 1.10 bits per heavy atom. The number of nitrogens with zero attached hydrogens (tertiary/aromatic N) is 2. The number of rotatable bonds is 3. The summed E-state index contributed by atoms with van der Waals surface area (Å²) in [6, 6.07) is 0.207. The van der Waals surface area contributed by atoms with E-state index in [-0.39, 0.29) is 17.9 Å². The lowest BCUT2D eigenvalue weighted by molar-refractivity contribution is -0.140. The fourth-order valence-corrected chi connectivity index (χ4v) is 5.25. The van der Waals surface area contributed by atoms with Crippen LogP contribution in [0.1, 0.15) is 45.4 Å². The molecule has 4 nitrogen and oxygen atoms in total. The van der Waals surface area contributed by atoms with Crippen molar-refractivity contribution in [3.05, 3.63) is 0 Å². The van der Waals surface area contributed by atoms with Gasteiger partial charge in [-0.25, -0.2) is 0 Å².